The number of aromatic nitrogens is 4. The van der Waals surface area contributed by atoms with Crippen LogP contribution in [0.2, 0.25) is 0 Å². The second kappa shape index (κ2) is 13.4. The van der Waals surface area contributed by atoms with E-state index in [1.54, 1.807) is 56.7 Å². The third-order valence-corrected chi connectivity index (χ3v) is 6.87. The Kier molecular flexibility index (Phi) is 9.34. The van der Waals surface area contributed by atoms with E-state index in [4.69, 9.17) is 19.5 Å². The summed E-state index contributed by atoms with van der Waals surface area (Å²) in [6.45, 7) is 5.78. The fraction of sp³-hybridized carbons (Fsp3) is 0.265. The van der Waals surface area contributed by atoms with Crippen molar-refractivity contribution in [2.45, 2.75) is 45.9 Å². The van der Waals surface area contributed by atoms with Crippen molar-refractivity contribution in [1.82, 2.24) is 19.5 Å². The monoisotopic (exact) mass is 629 g/mol. The molecule has 0 radical (unpaired) electrons. The number of nitrogens with zero attached hydrogens (tertiary/aromatic N) is 5. The molecule has 5 aromatic rings. The normalized spacial score (nSPS) is 11.4. The highest BCUT2D eigenvalue weighted by molar-refractivity contribution is 5.94. The number of rotatable bonds is 10. The van der Waals surface area contributed by atoms with Gasteiger partial charge in [0, 0.05) is 25.3 Å². The first-order valence-corrected chi connectivity index (χ1v) is 14.3. The smallest absolute Gasteiger partial charge is 0.338 e. The number of hydrogen-bond acceptors (Lipinski definition) is 8. The van der Waals surface area contributed by atoms with Crippen LogP contribution in [0.1, 0.15) is 53.8 Å². The maximum atomic E-state index is 15.5. The van der Waals surface area contributed by atoms with Crippen LogP contribution in [0.4, 0.5) is 13.2 Å². The van der Waals surface area contributed by atoms with Gasteiger partial charge in [-0.2, -0.15) is 9.65 Å². The SMILES string of the molecule is COCCn1c(Cc2nc(F)c(-c3cccc(OCc4ccc(C#N)cc4F)n3)cc2F)nc2ccc(C(=O)OC(C)(C)C)cc21. The first-order valence-electron chi connectivity index (χ1n) is 14.3. The molecule has 0 aliphatic carbocycles. The zero-order valence-corrected chi connectivity index (χ0v) is 25.6. The number of benzene rings is 2. The standard InChI is InChI=1S/C34H30F3N5O4/c1-34(2,3)46-33(43)21-10-11-27-29(15-21)42(12-13-44-4)30(39-27)17-28-25(36)16-23(32(37)41-28)26-6-5-7-31(40-26)45-19-22-9-8-20(18-38)14-24(22)35/h5-11,14-16H,12-13,17,19H2,1-4H3. The fourth-order valence-electron chi connectivity index (χ4n) is 4.69. The molecule has 9 nitrogen and oxygen atoms in total. The lowest BCUT2D eigenvalue weighted by atomic mass is 10.1. The van der Waals surface area contributed by atoms with Crippen molar-refractivity contribution >= 4 is 17.0 Å². The van der Waals surface area contributed by atoms with Crippen LogP contribution in [-0.4, -0.2) is 44.8 Å². The van der Waals surface area contributed by atoms with Crippen LogP contribution in [0.15, 0.2) is 60.7 Å². The lowest BCUT2D eigenvalue weighted by Gasteiger charge is -2.19. The molecule has 0 fully saturated rings. The van der Waals surface area contributed by atoms with Gasteiger partial charge in [0.1, 0.15) is 29.7 Å². The summed E-state index contributed by atoms with van der Waals surface area (Å²) < 4.78 is 63.2. The zero-order chi connectivity index (χ0) is 33.0. The highest BCUT2D eigenvalue weighted by Crippen LogP contribution is 2.27. The number of fused-ring (bicyclic) bond motifs is 1. The van der Waals surface area contributed by atoms with Gasteiger partial charge in [-0.1, -0.05) is 12.1 Å². The average Bonchev–Trinajstić information content (AvgIpc) is 3.36. The van der Waals surface area contributed by atoms with Gasteiger partial charge in [0.25, 0.3) is 0 Å². The quantitative estimate of drug-likeness (QED) is 0.126. The number of pyridine rings is 2. The van der Waals surface area contributed by atoms with Crippen molar-refractivity contribution < 1.29 is 32.2 Å². The predicted octanol–water partition coefficient (Wildman–Crippen LogP) is 6.55. The fourth-order valence-corrected chi connectivity index (χ4v) is 4.69. The lowest BCUT2D eigenvalue weighted by molar-refractivity contribution is 0.00696. The van der Waals surface area contributed by atoms with Crippen LogP contribution < -0.4 is 4.74 Å². The zero-order valence-electron chi connectivity index (χ0n) is 25.6. The first-order chi connectivity index (χ1) is 22.0. The number of imidazole rings is 1. The summed E-state index contributed by atoms with van der Waals surface area (Å²) in [5, 5.41) is 8.92. The van der Waals surface area contributed by atoms with E-state index >= 15 is 8.78 Å². The lowest BCUT2D eigenvalue weighted by Crippen LogP contribution is -2.23. The van der Waals surface area contributed by atoms with E-state index in [1.807, 2.05) is 6.07 Å². The molecule has 0 bridgehead atoms. The number of hydrogen-bond donors (Lipinski definition) is 0. The summed E-state index contributed by atoms with van der Waals surface area (Å²) in [7, 11) is 1.54. The molecule has 0 spiro atoms. The number of nitriles is 1. The van der Waals surface area contributed by atoms with Crippen LogP contribution in [-0.2, 0) is 29.0 Å². The number of esters is 1. The molecule has 46 heavy (non-hydrogen) atoms. The summed E-state index contributed by atoms with van der Waals surface area (Å²) in [5.74, 6) is -2.37. The van der Waals surface area contributed by atoms with Crippen molar-refractivity contribution in [3.8, 4) is 23.2 Å². The highest BCUT2D eigenvalue weighted by Gasteiger charge is 2.22. The molecule has 3 heterocycles. The van der Waals surface area contributed by atoms with Gasteiger partial charge in [0.05, 0.1) is 58.2 Å². The molecular weight excluding hydrogens is 599 g/mol. The molecule has 12 heteroatoms. The molecule has 2 aromatic carbocycles. The summed E-state index contributed by atoms with van der Waals surface area (Å²) in [6, 6.07) is 16.3. The summed E-state index contributed by atoms with van der Waals surface area (Å²) in [5.41, 5.74) is 0.886. The van der Waals surface area contributed by atoms with E-state index in [2.05, 4.69) is 15.0 Å². The van der Waals surface area contributed by atoms with Crippen LogP contribution in [0.25, 0.3) is 22.3 Å². The Morgan fingerprint density at radius 1 is 0.978 bits per heavy atom. The molecule has 5 rings (SSSR count). The molecule has 0 saturated carbocycles. The Morgan fingerprint density at radius 2 is 1.78 bits per heavy atom. The Labute approximate surface area is 263 Å². The Bertz CT molecular complexity index is 1960. The second-order valence-electron chi connectivity index (χ2n) is 11.4. The van der Waals surface area contributed by atoms with Gasteiger partial charge in [-0.3, -0.25) is 0 Å². The van der Waals surface area contributed by atoms with E-state index in [0.29, 0.717) is 35.6 Å². The second-order valence-corrected chi connectivity index (χ2v) is 11.4. The van der Waals surface area contributed by atoms with Gasteiger partial charge in [0.2, 0.25) is 11.8 Å². The van der Waals surface area contributed by atoms with Gasteiger partial charge < -0.3 is 18.8 Å². The van der Waals surface area contributed by atoms with Gasteiger partial charge in [-0.15, -0.1) is 0 Å². The number of methoxy groups -OCH3 is 1. The molecule has 0 aliphatic heterocycles. The molecule has 236 valence electrons. The topological polar surface area (TPSA) is 112 Å². The van der Waals surface area contributed by atoms with E-state index in [9.17, 15) is 9.18 Å². The summed E-state index contributed by atoms with van der Waals surface area (Å²) >= 11 is 0. The minimum atomic E-state index is -0.953. The van der Waals surface area contributed by atoms with Gasteiger partial charge in [-0.05, 0) is 63.2 Å². The maximum Gasteiger partial charge on any atom is 0.338 e. The third kappa shape index (κ3) is 7.33. The minimum Gasteiger partial charge on any atom is -0.473 e. The van der Waals surface area contributed by atoms with Crippen LogP contribution in [0.3, 0.4) is 0 Å². The van der Waals surface area contributed by atoms with E-state index in [0.717, 1.165) is 12.1 Å². The Balaban J connectivity index is 1.40. The average molecular weight is 630 g/mol. The molecule has 0 amide bonds. The van der Waals surface area contributed by atoms with E-state index in [-0.39, 0.29) is 47.0 Å². The number of carbonyl (C=O) groups is 1. The molecule has 0 aliphatic rings. The Hall–Kier alpha value is -5.28. The van der Waals surface area contributed by atoms with E-state index < -0.39 is 29.2 Å². The van der Waals surface area contributed by atoms with Crippen molar-refractivity contribution in [3.05, 3.63) is 106 Å². The van der Waals surface area contributed by atoms with Crippen molar-refractivity contribution in [2.24, 2.45) is 0 Å². The minimum absolute atomic E-state index is 0.0581. The van der Waals surface area contributed by atoms with Crippen molar-refractivity contribution in [2.75, 3.05) is 13.7 Å². The number of ether oxygens (including phenoxy) is 3. The molecule has 3 aromatic heterocycles. The highest BCUT2D eigenvalue weighted by atomic mass is 19.1. The van der Waals surface area contributed by atoms with Crippen LogP contribution in [0.5, 0.6) is 5.88 Å². The molecule has 0 N–H and O–H groups in total. The van der Waals surface area contributed by atoms with Crippen molar-refractivity contribution in [1.29, 1.82) is 5.26 Å². The molecule has 0 atom stereocenters. The summed E-state index contributed by atoms with van der Waals surface area (Å²) in [4.78, 5) is 25.5. The van der Waals surface area contributed by atoms with Crippen molar-refractivity contribution in [3.63, 3.8) is 0 Å². The molecule has 0 unspecified atom stereocenters. The van der Waals surface area contributed by atoms with Crippen LogP contribution in [0, 0.1) is 28.9 Å². The summed E-state index contributed by atoms with van der Waals surface area (Å²) in [6.07, 6.45) is -0.143. The first kappa shape index (κ1) is 32.1. The largest absolute Gasteiger partial charge is 0.473 e. The molecular formula is C34H30F3N5O4. The van der Waals surface area contributed by atoms with Gasteiger partial charge in [0.15, 0.2) is 0 Å². The third-order valence-electron chi connectivity index (χ3n) is 6.87. The predicted molar refractivity (Wildman–Crippen MR) is 162 cm³/mol. The number of halogens is 3. The van der Waals surface area contributed by atoms with Crippen LogP contribution >= 0.6 is 0 Å². The van der Waals surface area contributed by atoms with Gasteiger partial charge >= 0.3 is 5.97 Å². The molecule has 0 saturated heterocycles. The van der Waals surface area contributed by atoms with E-state index in [1.165, 1.54) is 24.3 Å². The van der Waals surface area contributed by atoms with Gasteiger partial charge in [-0.25, -0.2) is 28.5 Å². The Morgan fingerprint density at radius 3 is 2.50 bits per heavy atom. The maximum absolute atomic E-state index is 15.5. The number of carbonyl (C=O) groups excluding carboxylic acids is 1.